The average molecular weight is 397 g/mol. The van der Waals surface area contributed by atoms with Crippen molar-refractivity contribution < 1.29 is 9.47 Å². The van der Waals surface area contributed by atoms with Crippen LogP contribution in [-0.4, -0.2) is 36.8 Å². The molecule has 0 amide bonds. The number of ether oxygens (including phenoxy) is 2. The topological polar surface area (TPSA) is 59.5 Å². The van der Waals surface area contributed by atoms with Crippen LogP contribution >= 0.6 is 0 Å². The van der Waals surface area contributed by atoms with Crippen LogP contribution in [0.1, 0.15) is 55.3 Å². The van der Waals surface area contributed by atoms with Crippen LogP contribution in [0.25, 0.3) is 0 Å². The second-order valence-corrected chi connectivity index (χ2v) is 8.17. The zero-order chi connectivity index (χ0) is 20.2. The molecule has 0 atom stereocenters. The number of fused-ring (bicyclic) bond motifs is 1. The van der Waals surface area contributed by atoms with Crippen LogP contribution in [0.4, 0.5) is 11.8 Å². The van der Waals surface area contributed by atoms with Crippen LogP contribution in [0.2, 0.25) is 0 Å². The van der Waals surface area contributed by atoms with Gasteiger partial charge in [0.15, 0.2) is 11.5 Å². The predicted octanol–water partition coefficient (Wildman–Crippen LogP) is 4.50. The summed E-state index contributed by atoms with van der Waals surface area (Å²) < 4.78 is 11.0. The molecule has 156 valence electrons. The van der Waals surface area contributed by atoms with Crippen LogP contribution in [-0.2, 0) is 13.0 Å². The summed E-state index contributed by atoms with van der Waals surface area (Å²) in [6.07, 6.45) is 8.68. The number of hydrogen-bond donors (Lipinski definition) is 1. The highest BCUT2D eigenvalue weighted by Crippen LogP contribution is 2.34. The van der Waals surface area contributed by atoms with Crippen molar-refractivity contribution in [2.75, 3.05) is 31.0 Å². The smallest absolute Gasteiger partial charge is 0.225 e. The summed E-state index contributed by atoms with van der Waals surface area (Å²) >= 11 is 0. The summed E-state index contributed by atoms with van der Waals surface area (Å²) in [5, 5.41) is 3.61. The molecule has 29 heavy (non-hydrogen) atoms. The molecule has 1 aliphatic carbocycles. The van der Waals surface area contributed by atoms with Gasteiger partial charge in [-0.25, -0.2) is 4.98 Å². The largest absolute Gasteiger partial charge is 0.493 e. The third-order valence-corrected chi connectivity index (χ3v) is 6.07. The SMILES string of the molecule is COc1cc2c(cc1OC)CN(c1cc(C)nc(NC3CCCCCC3)n1)CC2. The maximum atomic E-state index is 5.50. The Morgan fingerprint density at radius 1 is 0.931 bits per heavy atom. The van der Waals surface area contributed by atoms with Gasteiger partial charge < -0.3 is 19.7 Å². The Bertz CT molecular complexity index is 847. The first-order valence-corrected chi connectivity index (χ1v) is 10.8. The van der Waals surface area contributed by atoms with Crippen LogP contribution < -0.4 is 19.7 Å². The van der Waals surface area contributed by atoms with Gasteiger partial charge in [-0.05, 0) is 49.4 Å². The molecule has 4 rings (SSSR count). The van der Waals surface area contributed by atoms with Gasteiger partial charge in [0, 0.05) is 30.9 Å². The quantitative estimate of drug-likeness (QED) is 0.751. The molecule has 2 aromatic rings. The molecule has 2 aliphatic rings. The van der Waals surface area contributed by atoms with Gasteiger partial charge in [-0.1, -0.05) is 25.7 Å². The second-order valence-electron chi connectivity index (χ2n) is 8.17. The highest BCUT2D eigenvalue weighted by Gasteiger charge is 2.22. The van der Waals surface area contributed by atoms with E-state index in [9.17, 15) is 0 Å². The van der Waals surface area contributed by atoms with Crippen molar-refractivity contribution in [1.29, 1.82) is 0 Å². The standard InChI is InChI=1S/C23H32N4O2/c1-16-12-22(26-23(24-16)25-19-8-6-4-5-7-9-19)27-11-10-17-13-20(28-2)21(29-3)14-18(17)15-27/h12-14,19H,4-11,15H2,1-3H3,(H,24,25,26). The first kappa shape index (κ1) is 19.8. The number of nitrogens with zero attached hydrogens (tertiary/aromatic N) is 3. The number of methoxy groups -OCH3 is 2. The average Bonchev–Trinajstić information content (AvgIpc) is 3.00. The van der Waals surface area contributed by atoms with E-state index in [0.29, 0.717) is 6.04 Å². The predicted molar refractivity (Wildman–Crippen MR) is 116 cm³/mol. The fourth-order valence-corrected chi connectivity index (χ4v) is 4.46. The molecule has 0 spiro atoms. The molecule has 1 aliphatic heterocycles. The third-order valence-electron chi connectivity index (χ3n) is 6.07. The molecule has 1 fully saturated rings. The van der Waals surface area contributed by atoms with Gasteiger partial charge in [0.05, 0.1) is 14.2 Å². The van der Waals surface area contributed by atoms with Crippen molar-refractivity contribution >= 4 is 11.8 Å². The first-order chi connectivity index (χ1) is 14.2. The Labute approximate surface area is 173 Å². The van der Waals surface area contributed by atoms with E-state index in [4.69, 9.17) is 14.5 Å². The van der Waals surface area contributed by atoms with Crippen molar-refractivity contribution in [3.05, 3.63) is 35.0 Å². The van der Waals surface area contributed by atoms with E-state index in [2.05, 4.69) is 40.3 Å². The van der Waals surface area contributed by atoms with E-state index in [1.54, 1.807) is 14.2 Å². The molecule has 0 bridgehead atoms. The van der Waals surface area contributed by atoms with E-state index in [-0.39, 0.29) is 0 Å². The fraction of sp³-hybridized carbons (Fsp3) is 0.565. The molecule has 2 heterocycles. The van der Waals surface area contributed by atoms with Crippen LogP contribution in [0.15, 0.2) is 18.2 Å². The molecule has 0 radical (unpaired) electrons. The zero-order valence-electron chi connectivity index (χ0n) is 17.8. The molecule has 6 heteroatoms. The minimum Gasteiger partial charge on any atom is -0.493 e. The number of hydrogen-bond acceptors (Lipinski definition) is 6. The van der Waals surface area contributed by atoms with Gasteiger partial charge >= 0.3 is 0 Å². The van der Waals surface area contributed by atoms with Crippen molar-refractivity contribution in [2.45, 2.75) is 64.5 Å². The lowest BCUT2D eigenvalue weighted by molar-refractivity contribution is 0.353. The van der Waals surface area contributed by atoms with E-state index >= 15 is 0 Å². The molecule has 1 saturated carbocycles. The number of aryl methyl sites for hydroxylation is 1. The number of anilines is 2. The van der Waals surface area contributed by atoms with Crippen molar-refractivity contribution in [2.24, 2.45) is 0 Å². The van der Waals surface area contributed by atoms with Crippen molar-refractivity contribution in [1.82, 2.24) is 9.97 Å². The summed E-state index contributed by atoms with van der Waals surface area (Å²) in [6, 6.07) is 6.78. The molecule has 1 aromatic heterocycles. The Hall–Kier alpha value is -2.50. The number of benzene rings is 1. The molecule has 0 unspecified atom stereocenters. The number of rotatable bonds is 5. The normalized spacial score (nSPS) is 17.4. The van der Waals surface area contributed by atoms with Gasteiger partial charge in [-0.3, -0.25) is 0 Å². The van der Waals surface area contributed by atoms with Gasteiger partial charge in [-0.15, -0.1) is 0 Å². The minimum absolute atomic E-state index is 0.492. The molecular weight excluding hydrogens is 364 g/mol. The molecular formula is C23H32N4O2. The summed E-state index contributed by atoms with van der Waals surface area (Å²) in [5.41, 5.74) is 3.59. The van der Waals surface area contributed by atoms with Crippen LogP contribution in [0.5, 0.6) is 11.5 Å². The Morgan fingerprint density at radius 2 is 1.62 bits per heavy atom. The maximum absolute atomic E-state index is 5.50. The number of aromatic nitrogens is 2. The summed E-state index contributed by atoms with van der Waals surface area (Å²) in [7, 11) is 3.37. The lowest BCUT2D eigenvalue weighted by atomic mass is 9.99. The highest BCUT2D eigenvalue weighted by atomic mass is 16.5. The van der Waals surface area contributed by atoms with E-state index in [1.807, 2.05) is 0 Å². The summed E-state index contributed by atoms with van der Waals surface area (Å²) in [6.45, 7) is 3.80. The van der Waals surface area contributed by atoms with Crippen molar-refractivity contribution in [3.63, 3.8) is 0 Å². The lowest BCUT2D eigenvalue weighted by Gasteiger charge is -2.31. The monoisotopic (exact) mass is 396 g/mol. The lowest BCUT2D eigenvalue weighted by Crippen LogP contribution is -2.31. The Kier molecular flexibility index (Phi) is 6.07. The molecule has 6 nitrogen and oxygen atoms in total. The van der Waals surface area contributed by atoms with Crippen LogP contribution in [0.3, 0.4) is 0 Å². The van der Waals surface area contributed by atoms with Gasteiger partial charge in [0.1, 0.15) is 5.82 Å². The first-order valence-electron chi connectivity index (χ1n) is 10.8. The van der Waals surface area contributed by atoms with E-state index in [1.165, 1.54) is 49.7 Å². The summed E-state index contributed by atoms with van der Waals surface area (Å²) in [5.74, 6) is 3.34. The van der Waals surface area contributed by atoms with Crippen LogP contribution in [0, 0.1) is 6.92 Å². The molecule has 1 aromatic carbocycles. The summed E-state index contributed by atoms with van der Waals surface area (Å²) in [4.78, 5) is 11.9. The van der Waals surface area contributed by atoms with Gasteiger partial charge in [0.2, 0.25) is 5.95 Å². The second kappa shape index (κ2) is 8.89. The molecule has 1 N–H and O–H groups in total. The highest BCUT2D eigenvalue weighted by molar-refractivity contribution is 5.53. The fourth-order valence-electron chi connectivity index (χ4n) is 4.46. The zero-order valence-corrected chi connectivity index (χ0v) is 17.8. The molecule has 0 saturated heterocycles. The third kappa shape index (κ3) is 4.57. The van der Waals surface area contributed by atoms with Gasteiger partial charge in [0.25, 0.3) is 0 Å². The van der Waals surface area contributed by atoms with E-state index in [0.717, 1.165) is 48.5 Å². The minimum atomic E-state index is 0.492. The Morgan fingerprint density at radius 3 is 2.31 bits per heavy atom. The van der Waals surface area contributed by atoms with Gasteiger partial charge in [-0.2, -0.15) is 4.98 Å². The Balaban J connectivity index is 1.53. The number of nitrogens with one attached hydrogen (secondary N) is 1. The van der Waals surface area contributed by atoms with E-state index < -0.39 is 0 Å². The van der Waals surface area contributed by atoms with Crippen molar-refractivity contribution in [3.8, 4) is 11.5 Å². The maximum Gasteiger partial charge on any atom is 0.225 e.